The predicted molar refractivity (Wildman–Crippen MR) is 113 cm³/mol. The van der Waals surface area contributed by atoms with Gasteiger partial charge < -0.3 is 19.1 Å². The SMILES string of the molecule is O=c1nc(OCc2cc(F)c(Oc3cccc(C(F)(F)F)c3)c(F)c2)cc2n1C[C@H]1CN2CCO1. The smallest absolute Gasteiger partial charge is 0.416 e. The highest BCUT2D eigenvalue weighted by Crippen LogP contribution is 2.34. The van der Waals surface area contributed by atoms with Crippen molar-refractivity contribution < 1.29 is 36.2 Å². The first-order chi connectivity index (χ1) is 16.7. The third-order valence-electron chi connectivity index (χ3n) is 5.64. The van der Waals surface area contributed by atoms with Gasteiger partial charge in [-0.05, 0) is 35.9 Å². The summed E-state index contributed by atoms with van der Waals surface area (Å²) >= 11 is 0. The quantitative estimate of drug-likeness (QED) is 0.496. The van der Waals surface area contributed by atoms with Crippen molar-refractivity contribution >= 4 is 5.82 Å². The van der Waals surface area contributed by atoms with E-state index in [2.05, 4.69) is 4.98 Å². The summed E-state index contributed by atoms with van der Waals surface area (Å²) in [5.41, 5.74) is -1.47. The standard InChI is InChI=1S/C23H18F5N3O4/c24-17-6-13(7-18(25)21(17)35-15-3-1-2-14(8-15)23(26,27)28)12-34-19-9-20-30-4-5-33-16(10-30)11-31(20)22(32)29-19/h1-3,6-9,16H,4-5,10-12H2/t16-/m1/s1. The van der Waals surface area contributed by atoms with Crippen molar-refractivity contribution in [2.24, 2.45) is 0 Å². The molecule has 1 saturated heterocycles. The van der Waals surface area contributed by atoms with Gasteiger partial charge in [0.2, 0.25) is 5.88 Å². The number of anilines is 1. The molecule has 5 rings (SSSR count). The van der Waals surface area contributed by atoms with E-state index >= 15 is 0 Å². The second-order valence-electron chi connectivity index (χ2n) is 8.09. The topological polar surface area (TPSA) is 65.8 Å². The maximum Gasteiger partial charge on any atom is 0.416 e. The first kappa shape index (κ1) is 23.1. The Labute approximate surface area is 195 Å². The first-order valence-corrected chi connectivity index (χ1v) is 10.6. The molecule has 0 N–H and O–H groups in total. The number of aromatic nitrogens is 2. The highest BCUT2D eigenvalue weighted by atomic mass is 19.4. The van der Waals surface area contributed by atoms with Crippen LogP contribution in [0.2, 0.25) is 0 Å². The summed E-state index contributed by atoms with van der Waals surface area (Å²) in [6.45, 7) is 1.83. The van der Waals surface area contributed by atoms with Crippen molar-refractivity contribution in [2.75, 3.05) is 24.6 Å². The highest BCUT2D eigenvalue weighted by Gasteiger charge is 2.31. The lowest BCUT2D eigenvalue weighted by atomic mass is 10.2. The molecule has 1 aromatic heterocycles. The number of halogens is 5. The molecular formula is C23H18F5N3O4. The molecule has 2 bridgehead atoms. The second kappa shape index (κ2) is 8.84. The summed E-state index contributed by atoms with van der Waals surface area (Å²) in [7, 11) is 0. The Bertz CT molecular complexity index is 1300. The molecule has 0 amide bonds. The average Bonchev–Trinajstić information content (AvgIpc) is 2.81. The predicted octanol–water partition coefficient (Wildman–Crippen LogP) is 4.13. The van der Waals surface area contributed by atoms with Crippen LogP contribution in [-0.4, -0.2) is 35.4 Å². The molecule has 2 aromatic carbocycles. The molecule has 0 saturated carbocycles. The molecule has 0 radical (unpaired) electrons. The summed E-state index contributed by atoms with van der Waals surface area (Å²) in [4.78, 5) is 18.3. The zero-order valence-corrected chi connectivity index (χ0v) is 18.0. The van der Waals surface area contributed by atoms with E-state index in [9.17, 15) is 26.7 Å². The van der Waals surface area contributed by atoms with Crippen molar-refractivity contribution in [3.05, 3.63) is 75.7 Å². The van der Waals surface area contributed by atoms with Gasteiger partial charge in [0.05, 0.1) is 24.8 Å². The number of morpholine rings is 1. The van der Waals surface area contributed by atoms with Gasteiger partial charge in [0.1, 0.15) is 18.2 Å². The number of rotatable bonds is 5. The van der Waals surface area contributed by atoms with Gasteiger partial charge in [0.15, 0.2) is 17.4 Å². The van der Waals surface area contributed by atoms with Crippen LogP contribution in [0.25, 0.3) is 0 Å². The summed E-state index contributed by atoms with van der Waals surface area (Å²) in [6, 6.07) is 7.14. The molecule has 12 heteroatoms. The van der Waals surface area contributed by atoms with E-state index < -0.39 is 34.8 Å². The number of alkyl halides is 3. The molecule has 2 aliphatic heterocycles. The molecule has 3 heterocycles. The van der Waals surface area contributed by atoms with Gasteiger partial charge in [-0.15, -0.1) is 0 Å². The van der Waals surface area contributed by atoms with Crippen LogP contribution < -0.4 is 20.1 Å². The fourth-order valence-corrected chi connectivity index (χ4v) is 4.03. The van der Waals surface area contributed by atoms with Gasteiger partial charge >= 0.3 is 11.9 Å². The lowest BCUT2D eigenvalue weighted by molar-refractivity contribution is -0.137. The maximum absolute atomic E-state index is 14.6. The van der Waals surface area contributed by atoms with Gasteiger partial charge in [0.25, 0.3) is 0 Å². The van der Waals surface area contributed by atoms with E-state index in [1.54, 1.807) is 6.07 Å². The Morgan fingerprint density at radius 2 is 1.86 bits per heavy atom. The minimum Gasteiger partial charge on any atom is -0.473 e. The largest absolute Gasteiger partial charge is 0.473 e. The molecule has 0 aliphatic carbocycles. The van der Waals surface area contributed by atoms with E-state index in [0.29, 0.717) is 38.1 Å². The van der Waals surface area contributed by atoms with Crippen LogP contribution in [0.1, 0.15) is 11.1 Å². The number of nitrogens with zero attached hydrogens (tertiary/aromatic N) is 3. The van der Waals surface area contributed by atoms with Crippen molar-refractivity contribution in [1.29, 1.82) is 0 Å². The Hall–Kier alpha value is -3.67. The lowest BCUT2D eigenvalue weighted by Gasteiger charge is -2.40. The van der Waals surface area contributed by atoms with Gasteiger partial charge in [-0.3, -0.25) is 4.57 Å². The normalized spacial score (nSPS) is 17.2. The van der Waals surface area contributed by atoms with Gasteiger partial charge in [-0.1, -0.05) is 6.07 Å². The van der Waals surface area contributed by atoms with Crippen LogP contribution in [0.3, 0.4) is 0 Å². The van der Waals surface area contributed by atoms with Crippen molar-refractivity contribution in [2.45, 2.75) is 25.4 Å². The Morgan fingerprint density at radius 3 is 2.60 bits per heavy atom. The van der Waals surface area contributed by atoms with Crippen LogP contribution in [0.5, 0.6) is 17.4 Å². The molecule has 0 spiro atoms. The number of hydrogen-bond donors (Lipinski definition) is 0. The van der Waals surface area contributed by atoms with Gasteiger partial charge in [-0.2, -0.15) is 18.2 Å². The van der Waals surface area contributed by atoms with Gasteiger partial charge in [0, 0.05) is 19.2 Å². The monoisotopic (exact) mass is 495 g/mol. The van der Waals surface area contributed by atoms with Crippen LogP contribution in [-0.2, 0) is 24.1 Å². The number of hydrogen-bond acceptors (Lipinski definition) is 6. The third kappa shape index (κ3) is 4.78. The maximum atomic E-state index is 14.6. The molecule has 35 heavy (non-hydrogen) atoms. The summed E-state index contributed by atoms with van der Waals surface area (Å²) in [5.74, 6) is -2.85. The molecule has 7 nitrogen and oxygen atoms in total. The van der Waals surface area contributed by atoms with Crippen LogP contribution in [0.4, 0.5) is 27.8 Å². The highest BCUT2D eigenvalue weighted by molar-refractivity contribution is 5.45. The van der Waals surface area contributed by atoms with E-state index in [1.165, 1.54) is 4.57 Å². The minimum atomic E-state index is -4.63. The van der Waals surface area contributed by atoms with Gasteiger partial charge in [-0.25, -0.2) is 13.6 Å². The molecule has 3 aromatic rings. The van der Waals surface area contributed by atoms with E-state index in [0.717, 1.165) is 30.3 Å². The van der Waals surface area contributed by atoms with Crippen molar-refractivity contribution in [3.63, 3.8) is 0 Å². The van der Waals surface area contributed by atoms with Crippen molar-refractivity contribution in [3.8, 4) is 17.4 Å². The Balaban J connectivity index is 1.32. The summed E-state index contributed by atoms with van der Waals surface area (Å²) < 4.78 is 85.4. The molecule has 184 valence electrons. The van der Waals surface area contributed by atoms with Crippen molar-refractivity contribution in [1.82, 2.24) is 9.55 Å². The summed E-state index contributed by atoms with van der Waals surface area (Å²) in [5, 5.41) is 0. The van der Waals surface area contributed by atoms with Crippen LogP contribution >= 0.6 is 0 Å². The molecule has 0 unspecified atom stereocenters. The Morgan fingerprint density at radius 1 is 1.09 bits per heavy atom. The molecular weight excluding hydrogens is 477 g/mol. The third-order valence-corrected chi connectivity index (χ3v) is 5.64. The Kier molecular flexibility index (Phi) is 5.83. The average molecular weight is 495 g/mol. The summed E-state index contributed by atoms with van der Waals surface area (Å²) in [6.07, 6.45) is -4.72. The zero-order chi connectivity index (χ0) is 24.7. The molecule has 1 fully saturated rings. The number of ether oxygens (including phenoxy) is 3. The second-order valence-corrected chi connectivity index (χ2v) is 8.09. The fourth-order valence-electron chi connectivity index (χ4n) is 4.03. The van der Waals surface area contributed by atoms with E-state index in [1.807, 2.05) is 4.90 Å². The van der Waals surface area contributed by atoms with E-state index in [-0.39, 0.29) is 29.9 Å². The lowest BCUT2D eigenvalue weighted by Crippen LogP contribution is -2.52. The molecule has 2 aliphatic rings. The van der Waals surface area contributed by atoms with E-state index in [4.69, 9.17) is 14.2 Å². The zero-order valence-electron chi connectivity index (χ0n) is 18.0. The number of fused-ring (bicyclic) bond motifs is 4. The number of benzene rings is 2. The van der Waals surface area contributed by atoms with Crippen LogP contribution in [0, 0.1) is 11.6 Å². The fraction of sp³-hybridized carbons (Fsp3) is 0.304. The van der Waals surface area contributed by atoms with Crippen LogP contribution in [0.15, 0.2) is 47.3 Å². The first-order valence-electron chi connectivity index (χ1n) is 10.6. The minimum absolute atomic E-state index is 0.00343. The molecule has 1 atom stereocenters.